The number of pyridine rings is 1. The third-order valence-corrected chi connectivity index (χ3v) is 6.67. The van der Waals surface area contributed by atoms with E-state index in [4.69, 9.17) is 4.52 Å². The molecule has 0 unspecified atom stereocenters. The van der Waals surface area contributed by atoms with Crippen molar-refractivity contribution in [3.05, 3.63) is 88.7 Å². The molecule has 3 N–H and O–H groups in total. The minimum atomic E-state index is -0.282. The monoisotopic (exact) mass is 550 g/mol. The number of nitrogens with one attached hydrogen (secondary N) is 3. The fraction of sp³-hybridized carbons (Fsp3) is 0.290. The molecule has 10 heteroatoms. The van der Waals surface area contributed by atoms with Crippen LogP contribution in [0.4, 0.5) is 17.3 Å². The molecule has 0 saturated carbocycles. The number of likely N-dealkylation sites (N-methyl/N-ethyl adjacent to an activating group) is 1. The number of nitrogens with zero attached hydrogens (tertiary/aromatic N) is 5. The second-order valence-electron chi connectivity index (χ2n) is 10.9. The van der Waals surface area contributed by atoms with Gasteiger partial charge in [-0.3, -0.25) is 13.9 Å². The molecule has 0 fully saturated rings. The van der Waals surface area contributed by atoms with Crippen molar-refractivity contribution in [2.45, 2.75) is 46.6 Å². The van der Waals surface area contributed by atoms with Crippen LogP contribution in [0.5, 0.6) is 0 Å². The van der Waals surface area contributed by atoms with E-state index in [1.165, 1.54) is 0 Å². The van der Waals surface area contributed by atoms with Crippen molar-refractivity contribution in [3.8, 4) is 11.8 Å². The maximum Gasteiger partial charge on any atom is 0.256 e. The zero-order valence-corrected chi connectivity index (χ0v) is 24.2. The van der Waals surface area contributed by atoms with Crippen molar-refractivity contribution >= 4 is 28.9 Å². The fourth-order valence-corrected chi connectivity index (χ4v) is 4.26. The third kappa shape index (κ3) is 6.15. The van der Waals surface area contributed by atoms with Gasteiger partial charge in [0.15, 0.2) is 17.3 Å². The number of carbonyl (C=O) groups excluding carboxylic acids is 1. The van der Waals surface area contributed by atoms with Crippen LogP contribution in [0.2, 0.25) is 0 Å². The van der Waals surface area contributed by atoms with Gasteiger partial charge in [-0.1, -0.05) is 37.9 Å². The minimum Gasteiger partial charge on any atom is -0.359 e. The third-order valence-electron chi connectivity index (χ3n) is 6.67. The molecule has 210 valence electrons. The van der Waals surface area contributed by atoms with E-state index in [0.717, 1.165) is 52.8 Å². The lowest BCUT2D eigenvalue weighted by atomic mass is 9.93. The van der Waals surface area contributed by atoms with Gasteiger partial charge >= 0.3 is 0 Å². The molecule has 0 radical (unpaired) electrons. The Morgan fingerprint density at radius 1 is 1.07 bits per heavy atom. The molecule has 0 bridgehead atoms. The molecular formula is C31H34N8O2. The molecule has 1 aromatic carbocycles. The molecule has 0 aliphatic rings. The van der Waals surface area contributed by atoms with Crippen molar-refractivity contribution in [1.82, 2.24) is 29.6 Å². The van der Waals surface area contributed by atoms with Gasteiger partial charge in [0, 0.05) is 47.1 Å². The maximum absolute atomic E-state index is 12.9. The number of amides is 1. The molecule has 41 heavy (non-hydrogen) atoms. The van der Waals surface area contributed by atoms with E-state index in [0.29, 0.717) is 17.1 Å². The average molecular weight is 551 g/mol. The van der Waals surface area contributed by atoms with Gasteiger partial charge in [-0.15, -0.1) is 0 Å². The molecule has 0 aliphatic heterocycles. The van der Waals surface area contributed by atoms with Crippen LogP contribution < -0.4 is 16.0 Å². The summed E-state index contributed by atoms with van der Waals surface area (Å²) in [4.78, 5) is 17.5. The predicted molar refractivity (Wildman–Crippen MR) is 160 cm³/mol. The van der Waals surface area contributed by atoms with Gasteiger partial charge in [0.25, 0.3) is 5.91 Å². The fourth-order valence-electron chi connectivity index (χ4n) is 4.26. The Morgan fingerprint density at radius 3 is 2.66 bits per heavy atom. The molecule has 5 rings (SSSR count). The Labute approximate surface area is 239 Å². The summed E-state index contributed by atoms with van der Waals surface area (Å²) in [5.41, 5.74) is 5.37. The summed E-state index contributed by atoms with van der Waals surface area (Å²) in [5.74, 6) is 8.00. The van der Waals surface area contributed by atoms with E-state index in [2.05, 4.69) is 43.0 Å². The predicted octanol–water partition coefficient (Wildman–Crippen LogP) is 5.05. The number of carbonyl (C=O) groups is 1. The number of anilines is 3. The summed E-state index contributed by atoms with van der Waals surface area (Å²) >= 11 is 0. The molecule has 0 aliphatic carbocycles. The van der Waals surface area contributed by atoms with Gasteiger partial charge in [-0.05, 0) is 56.6 Å². The normalized spacial score (nSPS) is 11.4. The molecule has 0 spiro atoms. The second kappa shape index (κ2) is 11.3. The lowest BCUT2D eigenvalue weighted by Crippen LogP contribution is -2.16. The van der Waals surface area contributed by atoms with Crippen LogP contribution in [0.1, 0.15) is 59.4 Å². The number of benzene rings is 1. The maximum atomic E-state index is 12.9. The van der Waals surface area contributed by atoms with E-state index in [-0.39, 0.29) is 11.3 Å². The van der Waals surface area contributed by atoms with Crippen molar-refractivity contribution in [2.75, 3.05) is 24.2 Å². The largest absolute Gasteiger partial charge is 0.359 e. The molecule has 4 heterocycles. The Morgan fingerprint density at radius 2 is 1.90 bits per heavy atom. The van der Waals surface area contributed by atoms with Crippen LogP contribution in [0, 0.1) is 25.7 Å². The molecular weight excluding hydrogens is 516 g/mol. The topological polar surface area (TPSA) is 114 Å². The van der Waals surface area contributed by atoms with Crippen molar-refractivity contribution in [2.24, 2.45) is 0 Å². The van der Waals surface area contributed by atoms with Crippen LogP contribution in [0.25, 0.3) is 5.65 Å². The number of imidazole rings is 1. The highest BCUT2D eigenvalue weighted by atomic mass is 16.5. The SMILES string of the molecule is CNCCn1nc(Nc2cccn3c(C#Cc4cc(C(=O)Nc5cc(C(C)(C)C)on5)ccc4C)cnc23)cc1C. The van der Waals surface area contributed by atoms with Gasteiger partial charge in [-0.25, -0.2) is 4.98 Å². The van der Waals surface area contributed by atoms with E-state index in [9.17, 15) is 4.79 Å². The summed E-state index contributed by atoms with van der Waals surface area (Å²) in [6.07, 6.45) is 3.67. The lowest BCUT2D eigenvalue weighted by Gasteiger charge is -2.12. The summed E-state index contributed by atoms with van der Waals surface area (Å²) in [6, 6.07) is 13.1. The van der Waals surface area contributed by atoms with Gasteiger partial charge in [-0.2, -0.15) is 5.10 Å². The summed E-state index contributed by atoms with van der Waals surface area (Å²) in [6.45, 7) is 11.7. The average Bonchev–Trinajstić information content (AvgIpc) is 3.66. The highest BCUT2D eigenvalue weighted by molar-refractivity contribution is 6.04. The molecule has 5 aromatic rings. The molecule has 1 amide bonds. The van der Waals surface area contributed by atoms with Crippen LogP contribution in [-0.2, 0) is 12.0 Å². The molecule has 0 atom stereocenters. The van der Waals surface area contributed by atoms with Crippen LogP contribution in [-0.4, -0.2) is 43.8 Å². The van der Waals surface area contributed by atoms with Gasteiger partial charge < -0.3 is 20.5 Å². The van der Waals surface area contributed by atoms with Crippen LogP contribution in [0.3, 0.4) is 0 Å². The second-order valence-corrected chi connectivity index (χ2v) is 10.9. The Kier molecular flexibility index (Phi) is 7.64. The van der Waals surface area contributed by atoms with Gasteiger partial charge in [0.2, 0.25) is 0 Å². The zero-order valence-electron chi connectivity index (χ0n) is 24.2. The minimum absolute atomic E-state index is 0.203. The number of hydrogen-bond acceptors (Lipinski definition) is 7. The van der Waals surface area contributed by atoms with E-state index >= 15 is 0 Å². The van der Waals surface area contributed by atoms with Crippen molar-refractivity contribution in [1.29, 1.82) is 0 Å². The number of rotatable bonds is 7. The summed E-state index contributed by atoms with van der Waals surface area (Å²) in [5, 5.41) is 18.0. The van der Waals surface area contributed by atoms with E-state index < -0.39 is 0 Å². The number of hydrogen-bond donors (Lipinski definition) is 3. The first-order valence-corrected chi connectivity index (χ1v) is 13.5. The molecule has 0 saturated heterocycles. The number of aromatic nitrogens is 5. The highest BCUT2D eigenvalue weighted by Gasteiger charge is 2.20. The van der Waals surface area contributed by atoms with Gasteiger partial charge in [0.05, 0.1) is 18.4 Å². The smallest absolute Gasteiger partial charge is 0.256 e. The Balaban J connectivity index is 1.36. The summed E-state index contributed by atoms with van der Waals surface area (Å²) in [7, 11) is 1.93. The first-order chi connectivity index (χ1) is 19.6. The lowest BCUT2D eigenvalue weighted by molar-refractivity contribution is 0.102. The number of fused-ring (bicyclic) bond motifs is 1. The quantitative estimate of drug-likeness (QED) is 0.243. The first-order valence-electron chi connectivity index (χ1n) is 13.5. The van der Waals surface area contributed by atoms with Crippen molar-refractivity contribution in [3.63, 3.8) is 0 Å². The van der Waals surface area contributed by atoms with Gasteiger partial charge in [0.1, 0.15) is 11.5 Å². The number of aryl methyl sites for hydroxylation is 2. The summed E-state index contributed by atoms with van der Waals surface area (Å²) < 4.78 is 9.28. The molecule has 4 aromatic heterocycles. The van der Waals surface area contributed by atoms with Crippen molar-refractivity contribution < 1.29 is 9.32 Å². The first kappa shape index (κ1) is 27.7. The van der Waals surface area contributed by atoms with E-state index in [1.54, 1.807) is 24.4 Å². The highest BCUT2D eigenvalue weighted by Crippen LogP contribution is 2.25. The van der Waals surface area contributed by atoms with Crippen LogP contribution >= 0.6 is 0 Å². The standard InChI is InChI=1S/C31H34N8O2/c1-20-9-10-23(30(40)35-28-18-26(41-37-28)31(3,4)5)17-22(20)11-12-24-19-33-29-25(8-7-14-38(24)29)34-27-16-21(2)39(36-27)15-13-32-6/h7-10,14,16-19,32H,13,15H2,1-6H3,(H,34,36)(H,35,37,40). The Bertz CT molecular complexity index is 1770. The van der Waals surface area contributed by atoms with E-state index in [1.807, 2.05) is 81.2 Å². The van der Waals surface area contributed by atoms with Crippen LogP contribution in [0.15, 0.2) is 59.4 Å². The zero-order chi connectivity index (χ0) is 29.1. The molecule has 10 nitrogen and oxygen atoms in total. The Hall–Kier alpha value is -4.88.